The molecular formula is C31H25FN4O3. The van der Waals surface area contributed by atoms with E-state index in [4.69, 9.17) is 5.73 Å². The van der Waals surface area contributed by atoms with Gasteiger partial charge in [0.25, 0.3) is 11.5 Å². The number of benzene rings is 4. The van der Waals surface area contributed by atoms with Crippen molar-refractivity contribution in [2.75, 3.05) is 0 Å². The number of aliphatic hydroxyl groups is 1. The quantitative estimate of drug-likeness (QED) is 0.286. The molecule has 4 aromatic carbocycles. The predicted octanol–water partition coefficient (Wildman–Crippen LogP) is 5.46. The number of rotatable bonds is 4. The summed E-state index contributed by atoms with van der Waals surface area (Å²) < 4.78 is 15.9. The number of hydrogen-bond donors (Lipinski definition) is 3. The van der Waals surface area contributed by atoms with Gasteiger partial charge in [-0.15, -0.1) is 0 Å². The van der Waals surface area contributed by atoms with E-state index < -0.39 is 22.9 Å². The van der Waals surface area contributed by atoms with Gasteiger partial charge < -0.3 is 15.8 Å². The molecule has 4 N–H and O–H groups in total. The standard InChI is InChI=1S/C31H25FN4O3/c1-16-18(6-4-9-25(16)36-15-34-23-8-5-7-22(32)27(23)30(36)38)19-12-13-21(29(33)37)28-26(19)20-11-10-17(31(2,3)39)14-24(20)35-28/h4-15,35,39H,1-3H3,(H2,33,37). The van der Waals surface area contributed by atoms with Gasteiger partial charge in [0.15, 0.2) is 0 Å². The van der Waals surface area contributed by atoms with Crippen LogP contribution in [0, 0.1) is 12.7 Å². The number of primary amides is 1. The lowest BCUT2D eigenvalue weighted by molar-refractivity contribution is 0.0787. The molecule has 6 aromatic rings. The van der Waals surface area contributed by atoms with Crippen molar-refractivity contribution < 1.29 is 14.3 Å². The molecule has 2 heterocycles. The third-order valence-electron chi connectivity index (χ3n) is 7.32. The summed E-state index contributed by atoms with van der Waals surface area (Å²) in [7, 11) is 0. The average Bonchev–Trinajstić information content (AvgIpc) is 3.27. The van der Waals surface area contributed by atoms with E-state index >= 15 is 0 Å². The molecule has 0 aliphatic carbocycles. The normalized spacial score (nSPS) is 12.0. The first-order valence-electron chi connectivity index (χ1n) is 12.4. The van der Waals surface area contributed by atoms with Crippen LogP contribution in [-0.2, 0) is 5.60 Å². The lowest BCUT2D eigenvalue weighted by atomic mass is 9.92. The predicted molar refractivity (Wildman–Crippen MR) is 151 cm³/mol. The van der Waals surface area contributed by atoms with Crippen molar-refractivity contribution in [3.8, 4) is 16.8 Å². The molecule has 0 fully saturated rings. The minimum absolute atomic E-state index is 0.0720. The van der Waals surface area contributed by atoms with E-state index in [0.717, 1.165) is 38.5 Å². The zero-order chi connectivity index (χ0) is 27.6. The van der Waals surface area contributed by atoms with Crippen molar-refractivity contribution in [1.29, 1.82) is 0 Å². The van der Waals surface area contributed by atoms with Crippen LogP contribution in [0.1, 0.15) is 35.3 Å². The van der Waals surface area contributed by atoms with Crippen molar-refractivity contribution in [2.45, 2.75) is 26.4 Å². The van der Waals surface area contributed by atoms with Gasteiger partial charge in [0.05, 0.1) is 27.9 Å². The van der Waals surface area contributed by atoms with Crippen LogP contribution in [0.3, 0.4) is 0 Å². The molecule has 0 spiro atoms. The molecule has 194 valence electrons. The van der Waals surface area contributed by atoms with E-state index in [2.05, 4.69) is 9.97 Å². The van der Waals surface area contributed by atoms with Crippen LogP contribution < -0.4 is 11.3 Å². The smallest absolute Gasteiger partial charge is 0.268 e. The average molecular weight is 521 g/mol. The minimum atomic E-state index is -1.05. The Morgan fingerprint density at radius 3 is 2.54 bits per heavy atom. The van der Waals surface area contributed by atoms with E-state index in [1.807, 2.05) is 43.3 Å². The molecule has 7 nitrogen and oxygen atoms in total. The van der Waals surface area contributed by atoms with Gasteiger partial charge in [-0.05, 0) is 73.4 Å². The number of H-pyrrole nitrogens is 1. The second-order valence-corrected chi connectivity index (χ2v) is 10.2. The molecule has 2 aromatic heterocycles. The van der Waals surface area contributed by atoms with Crippen LogP contribution in [0.4, 0.5) is 4.39 Å². The van der Waals surface area contributed by atoms with Gasteiger partial charge in [0.1, 0.15) is 17.5 Å². The minimum Gasteiger partial charge on any atom is -0.386 e. The highest BCUT2D eigenvalue weighted by Gasteiger charge is 2.22. The Labute approximate surface area is 222 Å². The summed E-state index contributed by atoms with van der Waals surface area (Å²) in [6, 6.07) is 19.1. The number of amides is 1. The summed E-state index contributed by atoms with van der Waals surface area (Å²) in [6.45, 7) is 5.31. The maximum absolute atomic E-state index is 14.6. The third-order valence-corrected chi connectivity index (χ3v) is 7.32. The molecular weight excluding hydrogens is 495 g/mol. The molecule has 0 saturated heterocycles. The fourth-order valence-corrected chi connectivity index (χ4v) is 5.30. The first-order chi connectivity index (χ1) is 18.6. The van der Waals surface area contributed by atoms with Crippen molar-refractivity contribution in [3.05, 3.63) is 106 Å². The fourth-order valence-electron chi connectivity index (χ4n) is 5.30. The molecule has 0 unspecified atom stereocenters. The number of nitrogens with two attached hydrogens (primary N) is 1. The van der Waals surface area contributed by atoms with Gasteiger partial charge in [0, 0.05) is 16.3 Å². The van der Waals surface area contributed by atoms with Gasteiger partial charge in [-0.3, -0.25) is 14.2 Å². The fraction of sp³-hybridized carbons (Fsp3) is 0.129. The van der Waals surface area contributed by atoms with E-state index in [1.165, 1.54) is 23.0 Å². The first kappa shape index (κ1) is 24.5. The van der Waals surface area contributed by atoms with Crippen molar-refractivity contribution in [1.82, 2.24) is 14.5 Å². The van der Waals surface area contributed by atoms with Crippen molar-refractivity contribution in [3.63, 3.8) is 0 Å². The molecule has 0 atom stereocenters. The number of fused-ring (bicyclic) bond motifs is 4. The number of aromatic amines is 1. The maximum atomic E-state index is 14.6. The van der Waals surface area contributed by atoms with Gasteiger partial charge in [-0.25, -0.2) is 9.37 Å². The van der Waals surface area contributed by atoms with Gasteiger partial charge >= 0.3 is 0 Å². The van der Waals surface area contributed by atoms with Gasteiger partial charge in [-0.2, -0.15) is 0 Å². The summed E-state index contributed by atoms with van der Waals surface area (Å²) >= 11 is 0. The molecule has 39 heavy (non-hydrogen) atoms. The maximum Gasteiger partial charge on any atom is 0.268 e. The lowest BCUT2D eigenvalue weighted by Crippen LogP contribution is -2.20. The summed E-state index contributed by atoms with van der Waals surface area (Å²) in [6.07, 6.45) is 1.41. The zero-order valence-corrected chi connectivity index (χ0v) is 21.5. The number of carbonyl (C=O) groups excluding carboxylic acids is 1. The Kier molecular flexibility index (Phi) is 5.41. The molecule has 0 aliphatic heterocycles. The van der Waals surface area contributed by atoms with Crippen LogP contribution in [0.2, 0.25) is 0 Å². The van der Waals surface area contributed by atoms with E-state index in [9.17, 15) is 19.1 Å². The molecule has 6 rings (SSSR count). The number of hydrogen-bond acceptors (Lipinski definition) is 4. The van der Waals surface area contributed by atoms with Crippen molar-refractivity contribution in [2.24, 2.45) is 5.73 Å². The van der Waals surface area contributed by atoms with Crippen LogP contribution in [0.5, 0.6) is 0 Å². The topological polar surface area (TPSA) is 114 Å². The zero-order valence-electron chi connectivity index (χ0n) is 21.5. The molecule has 1 amide bonds. The SMILES string of the molecule is Cc1c(-c2ccc(C(N)=O)c3[nH]c4cc(C(C)(C)O)ccc4c23)cccc1-n1cnc2cccc(F)c2c1=O. The van der Waals surface area contributed by atoms with E-state index in [1.54, 1.807) is 32.0 Å². The summed E-state index contributed by atoms with van der Waals surface area (Å²) in [5, 5.41) is 12.1. The largest absolute Gasteiger partial charge is 0.386 e. The Hall–Kier alpha value is -4.82. The molecule has 0 radical (unpaired) electrons. The number of carbonyl (C=O) groups is 1. The molecule has 8 heteroatoms. The van der Waals surface area contributed by atoms with Crippen LogP contribution >= 0.6 is 0 Å². The van der Waals surface area contributed by atoms with Gasteiger partial charge in [0.2, 0.25) is 0 Å². The Morgan fingerprint density at radius 2 is 1.79 bits per heavy atom. The molecule has 0 bridgehead atoms. The van der Waals surface area contributed by atoms with E-state index in [-0.39, 0.29) is 10.9 Å². The lowest BCUT2D eigenvalue weighted by Gasteiger charge is -2.17. The number of nitrogens with zero attached hydrogens (tertiary/aromatic N) is 2. The Morgan fingerprint density at radius 1 is 1.03 bits per heavy atom. The Balaban J connectivity index is 1.64. The molecule has 0 aliphatic rings. The highest BCUT2D eigenvalue weighted by molar-refractivity contribution is 6.20. The third kappa shape index (κ3) is 3.80. The van der Waals surface area contributed by atoms with Gasteiger partial charge in [-0.1, -0.05) is 36.4 Å². The monoisotopic (exact) mass is 520 g/mol. The first-order valence-corrected chi connectivity index (χ1v) is 12.4. The summed E-state index contributed by atoms with van der Waals surface area (Å²) in [4.78, 5) is 33.3. The van der Waals surface area contributed by atoms with Crippen molar-refractivity contribution >= 4 is 38.6 Å². The number of nitrogens with one attached hydrogen (secondary N) is 1. The summed E-state index contributed by atoms with van der Waals surface area (Å²) in [5.41, 5.74) is 9.83. The second-order valence-electron chi connectivity index (χ2n) is 10.2. The summed E-state index contributed by atoms with van der Waals surface area (Å²) in [5.74, 6) is -1.19. The highest BCUT2D eigenvalue weighted by Crippen LogP contribution is 2.39. The van der Waals surface area contributed by atoms with E-state index in [0.29, 0.717) is 16.8 Å². The number of halogens is 1. The highest BCUT2D eigenvalue weighted by atomic mass is 19.1. The van der Waals surface area contributed by atoms with Crippen LogP contribution in [-0.4, -0.2) is 25.5 Å². The van der Waals surface area contributed by atoms with Crippen LogP contribution in [0.25, 0.3) is 49.5 Å². The molecule has 0 saturated carbocycles. The second kappa shape index (κ2) is 8.61. The Bertz CT molecular complexity index is 2030. The number of aromatic nitrogens is 3. The van der Waals surface area contributed by atoms with Crippen LogP contribution in [0.15, 0.2) is 77.9 Å².